The Kier molecular flexibility index (Phi) is 7.28. The van der Waals surface area contributed by atoms with Crippen molar-refractivity contribution in [2.24, 2.45) is 0 Å². The first-order valence-electron chi connectivity index (χ1n) is 13.5. The summed E-state index contributed by atoms with van der Waals surface area (Å²) in [7, 11) is 0. The maximum Gasteiger partial charge on any atom is 0.408 e. The van der Waals surface area contributed by atoms with Crippen molar-refractivity contribution in [1.29, 1.82) is 0 Å². The number of nitrogens with zero attached hydrogens (tertiary/aromatic N) is 2. The highest BCUT2D eigenvalue weighted by Gasteiger charge is 2.41. The molecule has 2 heterocycles. The molecule has 7 heteroatoms. The van der Waals surface area contributed by atoms with E-state index >= 15 is 0 Å². The number of imidazole rings is 1. The van der Waals surface area contributed by atoms with Gasteiger partial charge < -0.3 is 15.2 Å². The maximum atomic E-state index is 12.7. The summed E-state index contributed by atoms with van der Waals surface area (Å²) in [6.45, 7) is 5.58. The van der Waals surface area contributed by atoms with E-state index in [0.29, 0.717) is 18.4 Å². The van der Waals surface area contributed by atoms with Gasteiger partial charge in [-0.2, -0.15) is 0 Å². The number of nitrogens with one attached hydrogen (secondary N) is 1. The van der Waals surface area contributed by atoms with Crippen LogP contribution in [0.5, 0.6) is 0 Å². The zero-order valence-corrected chi connectivity index (χ0v) is 22.7. The van der Waals surface area contributed by atoms with Gasteiger partial charge in [-0.15, -0.1) is 0 Å². The van der Waals surface area contributed by atoms with Crippen LogP contribution in [0, 0.1) is 0 Å². The quantitative estimate of drug-likeness (QED) is 0.255. The summed E-state index contributed by atoms with van der Waals surface area (Å²) in [6.07, 6.45) is 4.95. The number of ketones is 1. The summed E-state index contributed by atoms with van der Waals surface area (Å²) in [5.74, 6) is -0.00662. The molecule has 2 aromatic carbocycles. The summed E-state index contributed by atoms with van der Waals surface area (Å²) in [6, 6.07) is 21.9. The van der Waals surface area contributed by atoms with Crippen LogP contribution < -0.4 is 5.32 Å². The van der Waals surface area contributed by atoms with Gasteiger partial charge in [0.1, 0.15) is 11.2 Å². The fourth-order valence-corrected chi connectivity index (χ4v) is 5.13. The van der Waals surface area contributed by atoms with Crippen LogP contribution in [-0.4, -0.2) is 38.6 Å². The zero-order chi connectivity index (χ0) is 27.6. The Labute approximate surface area is 228 Å². The molecule has 2 N–H and O–H groups in total. The van der Waals surface area contributed by atoms with Crippen molar-refractivity contribution >= 4 is 17.5 Å². The van der Waals surface area contributed by atoms with Crippen molar-refractivity contribution in [2.75, 3.05) is 6.61 Å². The first-order chi connectivity index (χ1) is 18.7. The van der Waals surface area contributed by atoms with Gasteiger partial charge >= 0.3 is 6.09 Å². The van der Waals surface area contributed by atoms with E-state index in [1.807, 2.05) is 79.9 Å². The number of aliphatic hydroxyl groups is 1. The molecule has 1 fully saturated rings. The molecule has 7 nitrogen and oxygen atoms in total. The first-order valence-corrected chi connectivity index (χ1v) is 13.5. The molecule has 2 aromatic heterocycles. The van der Waals surface area contributed by atoms with E-state index < -0.39 is 17.2 Å². The number of aromatic nitrogens is 2. The van der Waals surface area contributed by atoms with Gasteiger partial charge in [0.25, 0.3) is 0 Å². The summed E-state index contributed by atoms with van der Waals surface area (Å²) in [5, 5.41) is 12.3. The number of benzene rings is 2. The van der Waals surface area contributed by atoms with Crippen LogP contribution in [0.25, 0.3) is 28.2 Å². The number of amides is 1. The van der Waals surface area contributed by atoms with Gasteiger partial charge in [-0.05, 0) is 64.2 Å². The molecule has 0 aliphatic heterocycles. The number of aliphatic hydroxyl groups excluding tert-OH is 1. The van der Waals surface area contributed by atoms with E-state index in [9.17, 15) is 9.59 Å². The minimum absolute atomic E-state index is 0.00662. The van der Waals surface area contributed by atoms with Crippen LogP contribution in [0.3, 0.4) is 0 Å². The lowest BCUT2D eigenvalue weighted by atomic mass is 9.71. The first kappa shape index (κ1) is 26.6. The van der Waals surface area contributed by atoms with Crippen molar-refractivity contribution < 1.29 is 19.4 Å². The Bertz CT molecular complexity index is 1480. The molecule has 1 aliphatic rings. The number of pyridine rings is 1. The molecule has 0 unspecified atom stereocenters. The highest BCUT2D eigenvalue weighted by molar-refractivity contribution is 5.96. The Hall–Kier alpha value is -3.97. The number of fused-ring (bicyclic) bond motifs is 1. The fraction of sp³-hybridized carbons (Fsp3) is 0.344. The summed E-state index contributed by atoms with van der Waals surface area (Å²) < 4.78 is 7.51. The lowest BCUT2D eigenvalue weighted by Gasteiger charge is -2.43. The van der Waals surface area contributed by atoms with Gasteiger partial charge in [0.2, 0.25) is 0 Å². The number of hydrogen-bond donors (Lipinski definition) is 2. The van der Waals surface area contributed by atoms with E-state index in [0.717, 1.165) is 53.0 Å². The van der Waals surface area contributed by atoms with E-state index in [-0.39, 0.29) is 12.4 Å². The highest BCUT2D eigenvalue weighted by atomic mass is 16.6. The molecular weight excluding hydrogens is 490 g/mol. The number of rotatable bonds is 8. The van der Waals surface area contributed by atoms with Crippen LogP contribution in [-0.2, 0) is 10.3 Å². The standard InChI is InChI=1S/C32H35N3O4/c1-31(2,3)39-30(38)34-32(18-8-19-32)25-15-12-22(13-16-25)28-29(23-9-5-4-6-10-23)35-21-24(14-17-27(35)33-28)26(37)11-7-20-36/h4-6,9-10,12-17,21,36H,7-8,11,18-20H2,1-3H3,(H,34,38). The van der Waals surface area contributed by atoms with Crippen LogP contribution in [0.1, 0.15) is 68.8 Å². The molecule has 0 radical (unpaired) electrons. The zero-order valence-electron chi connectivity index (χ0n) is 22.7. The van der Waals surface area contributed by atoms with Gasteiger partial charge in [0.05, 0.1) is 16.9 Å². The van der Waals surface area contributed by atoms with Crippen molar-refractivity contribution in [3.63, 3.8) is 0 Å². The minimum atomic E-state index is -0.556. The van der Waals surface area contributed by atoms with Crippen LogP contribution >= 0.6 is 0 Å². The molecule has 0 atom stereocenters. The minimum Gasteiger partial charge on any atom is -0.444 e. The molecule has 1 aliphatic carbocycles. The highest BCUT2D eigenvalue weighted by Crippen LogP contribution is 2.42. The second-order valence-electron chi connectivity index (χ2n) is 11.2. The number of ether oxygens (including phenoxy) is 1. The molecule has 0 saturated heterocycles. The van der Waals surface area contributed by atoms with Crippen molar-refractivity contribution in [3.05, 3.63) is 84.1 Å². The Morgan fingerprint density at radius 1 is 1.00 bits per heavy atom. The lowest BCUT2D eigenvalue weighted by molar-refractivity contribution is 0.0377. The van der Waals surface area contributed by atoms with Crippen LogP contribution in [0.15, 0.2) is 72.9 Å². The van der Waals surface area contributed by atoms with E-state index in [4.69, 9.17) is 14.8 Å². The summed E-state index contributed by atoms with van der Waals surface area (Å²) in [4.78, 5) is 30.2. The SMILES string of the molecule is CC(C)(C)OC(=O)NC1(c2ccc(-c3nc4ccc(C(=O)CCCO)cn4c3-c3ccccc3)cc2)CCC1. The van der Waals surface area contributed by atoms with E-state index in [1.54, 1.807) is 6.07 Å². The molecule has 5 rings (SSSR count). The Balaban J connectivity index is 1.52. The normalized spacial score (nSPS) is 14.6. The Morgan fingerprint density at radius 2 is 1.72 bits per heavy atom. The average Bonchev–Trinajstić information content (AvgIpc) is 3.28. The average molecular weight is 526 g/mol. The second-order valence-corrected chi connectivity index (χ2v) is 11.2. The summed E-state index contributed by atoms with van der Waals surface area (Å²) >= 11 is 0. The molecule has 39 heavy (non-hydrogen) atoms. The van der Waals surface area contributed by atoms with Gasteiger partial charge in [0, 0.05) is 35.9 Å². The fourth-order valence-electron chi connectivity index (χ4n) is 5.13. The number of carbonyl (C=O) groups excluding carboxylic acids is 2. The van der Waals surface area contributed by atoms with Crippen LogP contribution in [0.4, 0.5) is 4.79 Å². The van der Waals surface area contributed by atoms with Crippen molar-refractivity contribution in [2.45, 2.75) is 64.0 Å². The molecule has 4 aromatic rings. The molecular formula is C32H35N3O4. The lowest BCUT2D eigenvalue weighted by Crippen LogP contribution is -2.52. The van der Waals surface area contributed by atoms with Gasteiger partial charge in [-0.1, -0.05) is 54.6 Å². The second kappa shape index (κ2) is 10.7. The maximum absolute atomic E-state index is 12.7. The molecule has 1 saturated carbocycles. The molecule has 0 spiro atoms. The number of alkyl carbamates (subject to hydrolysis) is 1. The van der Waals surface area contributed by atoms with E-state index in [1.165, 1.54) is 0 Å². The van der Waals surface area contributed by atoms with Gasteiger partial charge in [0.15, 0.2) is 5.78 Å². The third-order valence-corrected chi connectivity index (χ3v) is 7.21. The molecule has 202 valence electrons. The monoisotopic (exact) mass is 525 g/mol. The largest absolute Gasteiger partial charge is 0.444 e. The van der Waals surface area contributed by atoms with Gasteiger partial charge in [-0.3, -0.25) is 9.20 Å². The number of carbonyl (C=O) groups is 2. The number of Topliss-reactive ketones (excluding diaryl/α,β-unsaturated/α-hetero) is 1. The predicted molar refractivity (Wildman–Crippen MR) is 152 cm³/mol. The number of hydrogen-bond acceptors (Lipinski definition) is 5. The third-order valence-electron chi connectivity index (χ3n) is 7.21. The Morgan fingerprint density at radius 3 is 2.33 bits per heavy atom. The summed E-state index contributed by atoms with van der Waals surface area (Å²) in [5.41, 5.74) is 5.06. The van der Waals surface area contributed by atoms with Gasteiger partial charge in [-0.25, -0.2) is 9.78 Å². The molecule has 1 amide bonds. The predicted octanol–water partition coefficient (Wildman–Crippen LogP) is 6.53. The third kappa shape index (κ3) is 5.59. The van der Waals surface area contributed by atoms with Crippen molar-refractivity contribution in [3.8, 4) is 22.5 Å². The van der Waals surface area contributed by atoms with Crippen LogP contribution in [0.2, 0.25) is 0 Å². The topological polar surface area (TPSA) is 92.9 Å². The van der Waals surface area contributed by atoms with Crippen molar-refractivity contribution in [1.82, 2.24) is 14.7 Å². The van der Waals surface area contributed by atoms with E-state index in [2.05, 4.69) is 17.4 Å². The molecule has 0 bridgehead atoms. The smallest absolute Gasteiger partial charge is 0.408 e.